The van der Waals surface area contributed by atoms with Crippen LogP contribution in [0.2, 0.25) is 0 Å². The first-order chi connectivity index (χ1) is 11.7. The van der Waals surface area contributed by atoms with Crippen molar-refractivity contribution in [3.63, 3.8) is 0 Å². The maximum atomic E-state index is 12.9. The molecule has 0 amide bonds. The molecule has 2 aromatic carbocycles. The Balaban J connectivity index is 1.92. The van der Waals surface area contributed by atoms with Crippen LogP contribution in [0.4, 0.5) is 13.2 Å². The van der Waals surface area contributed by atoms with Crippen LogP contribution in [0, 0.1) is 6.92 Å². The van der Waals surface area contributed by atoms with E-state index in [1.54, 1.807) is 24.3 Å². The van der Waals surface area contributed by atoms with Crippen LogP contribution < -0.4 is 0 Å². The van der Waals surface area contributed by atoms with Crippen molar-refractivity contribution >= 4 is 10.0 Å². The van der Waals surface area contributed by atoms with Gasteiger partial charge in [-0.25, -0.2) is 8.42 Å². The average molecular weight is 367 g/mol. The minimum absolute atomic E-state index is 0.165. The summed E-state index contributed by atoms with van der Waals surface area (Å²) in [5.41, 5.74) is 0.682. The summed E-state index contributed by atoms with van der Waals surface area (Å²) in [6.07, 6.45) is -1.03. The Hall–Kier alpha value is -2.12. The highest BCUT2D eigenvalue weighted by Crippen LogP contribution is 2.35. The Morgan fingerprint density at radius 3 is 2.16 bits per heavy atom. The first-order valence-electron chi connectivity index (χ1n) is 7.62. The van der Waals surface area contributed by atoms with Crippen molar-refractivity contribution in [3.8, 4) is 0 Å². The number of benzene rings is 2. The number of nitrogens with zero attached hydrogens (tertiary/aromatic N) is 1. The quantitative estimate of drug-likeness (QED) is 0.758. The van der Waals surface area contributed by atoms with E-state index in [4.69, 9.17) is 0 Å². The SMILES string of the molecule is Cc1ccc(S(=O)(=O)N2CC=CC2c2ccc(C(F)(F)F)cc2)cc1. The molecule has 1 aliphatic rings. The fourth-order valence-electron chi connectivity index (χ4n) is 2.74. The van der Waals surface area contributed by atoms with E-state index in [9.17, 15) is 21.6 Å². The molecule has 0 aliphatic carbocycles. The molecule has 7 heteroatoms. The van der Waals surface area contributed by atoms with Crippen molar-refractivity contribution in [1.82, 2.24) is 4.31 Å². The Bertz CT molecular complexity index is 885. The van der Waals surface area contributed by atoms with Gasteiger partial charge in [0, 0.05) is 6.54 Å². The molecule has 3 rings (SSSR count). The molecule has 0 aromatic heterocycles. The van der Waals surface area contributed by atoms with E-state index in [1.807, 2.05) is 6.92 Å². The fourth-order valence-corrected chi connectivity index (χ4v) is 4.27. The topological polar surface area (TPSA) is 37.4 Å². The molecule has 1 heterocycles. The van der Waals surface area contributed by atoms with Crippen molar-refractivity contribution in [2.24, 2.45) is 0 Å². The molecule has 1 atom stereocenters. The van der Waals surface area contributed by atoms with E-state index in [1.165, 1.54) is 28.6 Å². The zero-order valence-electron chi connectivity index (χ0n) is 13.4. The van der Waals surface area contributed by atoms with Gasteiger partial charge in [-0.15, -0.1) is 0 Å². The number of hydrogen-bond acceptors (Lipinski definition) is 2. The summed E-state index contributed by atoms with van der Waals surface area (Å²) in [5.74, 6) is 0. The molecule has 25 heavy (non-hydrogen) atoms. The van der Waals surface area contributed by atoms with Crippen LogP contribution in [0.25, 0.3) is 0 Å². The minimum atomic E-state index is -4.42. The molecule has 132 valence electrons. The standard InChI is InChI=1S/C18H16F3NO2S/c1-13-4-10-16(11-5-13)25(23,24)22-12-2-3-17(22)14-6-8-15(9-7-14)18(19,20)21/h2-11,17H,12H2,1H3. The summed E-state index contributed by atoms with van der Waals surface area (Å²) in [6, 6.07) is 10.5. The first kappa shape index (κ1) is 17.7. The summed E-state index contributed by atoms with van der Waals surface area (Å²) >= 11 is 0. The van der Waals surface area contributed by atoms with Crippen LogP contribution in [-0.4, -0.2) is 19.3 Å². The number of sulfonamides is 1. The van der Waals surface area contributed by atoms with E-state index in [-0.39, 0.29) is 11.4 Å². The van der Waals surface area contributed by atoms with Gasteiger partial charge in [0.25, 0.3) is 0 Å². The molecule has 0 spiro atoms. The van der Waals surface area contributed by atoms with Crippen LogP contribution in [0.15, 0.2) is 65.6 Å². The zero-order chi connectivity index (χ0) is 18.2. The van der Waals surface area contributed by atoms with E-state index < -0.39 is 27.8 Å². The van der Waals surface area contributed by atoms with Gasteiger partial charge in [0.2, 0.25) is 10.0 Å². The second kappa shape index (κ2) is 6.31. The summed E-state index contributed by atoms with van der Waals surface area (Å²) < 4.78 is 65.1. The van der Waals surface area contributed by atoms with Crippen LogP contribution in [0.5, 0.6) is 0 Å². The molecule has 0 saturated carbocycles. The lowest BCUT2D eigenvalue weighted by molar-refractivity contribution is -0.137. The third kappa shape index (κ3) is 3.48. The molecular formula is C18H16F3NO2S. The lowest BCUT2D eigenvalue weighted by Gasteiger charge is -2.24. The molecule has 0 N–H and O–H groups in total. The lowest BCUT2D eigenvalue weighted by atomic mass is 10.1. The summed E-state index contributed by atoms with van der Waals surface area (Å²) in [4.78, 5) is 0.165. The van der Waals surface area contributed by atoms with Crippen molar-refractivity contribution in [2.75, 3.05) is 6.54 Å². The van der Waals surface area contributed by atoms with Gasteiger partial charge < -0.3 is 0 Å². The lowest BCUT2D eigenvalue weighted by Crippen LogP contribution is -2.31. The van der Waals surface area contributed by atoms with Crippen molar-refractivity contribution in [2.45, 2.75) is 24.0 Å². The van der Waals surface area contributed by atoms with Gasteiger partial charge in [-0.1, -0.05) is 42.0 Å². The number of aryl methyl sites for hydroxylation is 1. The maximum Gasteiger partial charge on any atom is 0.416 e. The number of hydrogen-bond donors (Lipinski definition) is 0. The first-order valence-corrected chi connectivity index (χ1v) is 9.06. The number of halogens is 3. The molecule has 1 unspecified atom stereocenters. The summed E-state index contributed by atoms with van der Waals surface area (Å²) in [7, 11) is -3.74. The highest BCUT2D eigenvalue weighted by atomic mass is 32.2. The molecule has 3 nitrogen and oxygen atoms in total. The van der Waals surface area contributed by atoms with Crippen LogP contribution in [0.3, 0.4) is 0 Å². The Morgan fingerprint density at radius 2 is 1.60 bits per heavy atom. The van der Waals surface area contributed by atoms with Gasteiger partial charge >= 0.3 is 6.18 Å². The number of rotatable bonds is 3. The molecule has 0 fully saturated rings. The van der Waals surface area contributed by atoms with Gasteiger partial charge in [-0.2, -0.15) is 17.5 Å². The third-order valence-electron chi connectivity index (χ3n) is 4.12. The second-order valence-electron chi connectivity index (χ2n) is 5.88. The van der Waals surface area contributed by atoms with Gasteiger partial charge in [0.1, 0.15) is 0 Å². The molecule has 0 radical (unpaired) electrons. The zero-order valence-corrected chi connectivity index (χ0v) is 14.2. The van der Waals surface area contributed by atoms with Crippen molar-refractivity contribution in [3.05, 3.63) is 77.4 Å². The van der Waals surface area contributed by atoms with E-state index >= 15 is 0 Å². The molecule has 1 aliphatic heterocycles. The Labute approximate surface area is 144 Å². The Morgan fingerprint density at radius 1 is 1.00 bits per heavy atom. The predicted octanol–water partition coefficient (Wildman–Crippen LogP) is 4.32. The second-order valence-corrected chi connectivity index (χ2v) is 7.77. The summed E-state index contributed by atoms with van der Waals surface area (Å²) in [6.45, 7) is 2.04. The van der Waals surface area contributed by atoms with Gasteiger partial charge in [0.15, 0.2) is 0 Å². The van der Waals surface area contributed by atoms with Crippen molar-refractivity contribution in [1.29, 1.82) is 0 Å². The highest BCUT2D eigenvalue weighted by molar-refractivity contribution is 7.89. The van der Waals surface area contributed by atoms with E-state index in [2.05, 4.69) is 0 Å². The predicted molar refractivity (Wildman–Crippen MR) is 88.4 cm³/mol. The fraction of sp³-hybridized carbons (Fsp3) is 0.222. The number of alkyl halides is 3. The molecule has 2 aromatic rings. The van der Waals surface area contributed by atoms with Gasteiger partial charge in [0.05, 0.1) is 16.5 Å². The maximum absolute atomic E-state index is 12.9. The van der Waals surface area contributed by atoms with Crippen molar-refractivity contribution < 1.29 is 21.6 Å². The average Bonchev–Trinajstić information content (AvgIpc) is 3.05. The monoisotopic (exact) mass is 367 g/mol. The summed E-state index contributed by atoms with van der Waals surface area (Å²) in [5, 5.41) is 0. The molecule has 0 bridgehead atoms. The highest BCUT2D eigenvalue weighted by Gasteiger charge is 2.34. The third-order valence-corrected chi connectivity index (χ3v) is 5.98. The molecular weight excluding hydrogens is 351 g/mol. The van der Waals surface area contributed by atoms with Gasteiger partial charge in [-0.05, 0) is 36.8 Å². The van der Waals surface area contributed by atoms with E-state index in [0.717, 1.165) is 17.7 Å². The van der Waals surface area contributed by atoms with Crippen LogP contribution >= 0.6 is 0 Å². The Kier molecular flexibility index (Phi) is 4.47. The largest absolute Gasteiger partial charge is 0.416 e. The minimum Gasteiger partial charge on any atom is -0.207 e. The smallest absolute Gasteiger partial charge is 0.207 e. The van der Waals surface area contributed by atoms with Crippen LogP contribution in [-0.2, 0) is 16.2 Å². The van der Waals surface area contributed by atoms with Crippen LogP contribution in [0.1, 0.15) is 22.7 Å². The van der Waals surface area contributed by atoms with E-state index in [0.29, 0.717) is 5.56 Å². The normalized spacial score (nSPS) is 18.6. The molecule has 0 saturated heterocycles. The van der Waals surface area contributed by atoms with Gasteiger partial charge in [-0.3, -0.25) is 0 Å².